The van der Waals surface area contributed by atoms with Gasteiger partial charge in [-0.05, 0) is 38.7 Å². The zero-order valence-corrected chi connectivity index (χ0v) is 17.5. The fourth-order valence-corrected chi connectivity index (χ4v) is 4.44. The van der Waals surface area contributed by atoms with Crippen molar-refractivity contribution in [1.29, 1.82) is 0 Å². The average molecular weight is 397 g/mol. The van der Waals surface area contributed by atoms with Crippen molar-refractivity contribution in [2.45, 2.75) is 40.0 Å². The quantitative estimate of drug-likeness (QED) is 0.575. The Morgan fingerprint density at radius 3 is 2.38 bits per heavy atom. The normalized spacial score (nSPS) is 26.5. The predicted molar refractivity (Wildman–Crippen MR) is 108 cm³/mol. The van der Waals surface area contributed by atoms with Crippen LogP contribution in [0.25, 0.3) is 0 Å². The average Bonchev–Trinajstić information content (AvgIpc) is 2.67. The first-order chi connectivity index (χ1) is 13.8. The summed E-state index contributed by atoms with van der Waals surface area (Å²) in [5.74, 6) is -3.53. The Hall–Kier alpha value is -2.76. The lowest BCUT2D eigenvalue weighted by molar-refractivity contribution is -0.152. The molecular formula is C23H27NO5. The number of carbonyl (C=O) groups excluding carboxylic acids is 3. The highest BCUT2D eigenvalue weighted by atomic mass is 16.5. The lowest BCUT2D eigenvalue weighted by Gasteiger charge is -2.40. The number of allylic oxidation sites excluding steroid dienone is 1. The van der Waals surface area contributed by atoms with Crippen LogP contribution in [0.2, 0.25) is 0 Å². The number of aliphatic imine (C=N–C) groups is 1. The molecule has 154 valence electrons. The molecule has 0 bridgehead atoms. The van der Waals surface area contributed by atoms with E-state index in [9.17, 15) is 14.4 Å². The number of nitrogens with zero attached hydrogens (tertiary/aromatic N) is 1. The number of rotatable bonds is 4. The van der Waals surface area contributed by atoms with Gasteiger partial charge in [0, 0.05) is 17.3 Å². The van der Waals surface area contributed by atoms with Crippen LogP contribution in [0.4, 0.5) is 0 Å². The van der Waals surface area contributed by atoms with Gasteiger partial charge in [-0.1, -0.05) is 36.8 Å². The molecule has 1 aliphatic carbocycles. The number of methoxy groups -OCH3 is 1. The van der Waals surface area contributed by atoms with E-state index in [4.69, 9.17) is 9.47 Å². The first kappa shape index (κ1) is 21.0. The maximum Gasteiger partial charge on any atom is 0.336 e. The number of ether oxygens (including phenoxy) is 2. The number of hydrogen-bond donors (Lipinski definition) is 0. The van der Waals surface area contributed by atoms with Crippen LogP contribution in [0.3, 0.4) is 0 Å². The zero-order chi connectivity index (χ0) is 21.3. The number of fused-ring (bicyclic) bond motifs is 1. The molecule has 0 aromatic heterocycles. The molecule has 0 radical (unpaired) electrons. The van der Waals surface area contributed by atoms with E-state index in [-0.39, 0.29) is 18.3 Å². The molecule has 0 spiro atoms. The molecule has 0 N–H and O–H groups in total. The fourth-order valence-electron chi connectivity index (χ4n) is 4.44. The monoisotopic (exact) mass is 397 g/mol. The summed E-state index contributed by atoms with van der Waals surface area (Å²) in [6.07, 6.45) is 0.506. The van der Waals surface area contributed by atoms with Crippen molar-refractivity contribution in [2.24, 2.45) is 22.7 Å². The van der Waals surface area contributed by atoms with Crippen molar-refractivity contribution >= 4 is 23.4 Å². The standard InChI is InChI=1S/C23H27NO5/c1-6-29-23(27)18-14(4)24-16-11-13(3)17(22(26)28-5)21(25)20(16)19(18)15-9-7-12(2)8-10-15/h7-10,13,17,19-20H,6,11H2,1-5H3/t13-,17-,19-,20-/m1/s1. The van der Waals surface area contributed by atoms with Gasteiger partial charge in [0.2, 0.25) is 0 Å². The van der Waals surface area contributed by atoms with E-state index in [0.29, 0.717) is 17.7 Å². The highest BCUT2D eigenvalue weighted by Crippen LogP contribution is 2.45. The maximum absolute atomic E-state index is 13.5. The Bertz CT molecular complexity index is 896. The Morgan fingerprint density at radius 1 is 1.14 bits per heavy atom. The Balaban J connectivity index is 2.17. The highest BCUT2D eigenvalue weighted by molar-refractivity contribution is 6.17. The zero-order valence-electron chi connectivity index (χ0n) is 17.5. The molecule has 1 saturated carbocycles. The summed E-state index contributed by atoms with van der Waals surface area (Å²) in [5, 5.41) is 0. The fraction of sp³-hybridized carbons (Fsp3) is 0.478. The van der Waals surface area contributed by atoms with Crippen LogP contribution in [0.5, 0.6) is 0 Å². The SMILES string of the molecule is CCOC(=O)C1=C(C)N=C2C[C@@H](C)[C@@H](C(=O)OC)C(=O)[C@H]2[C@@H]1c1ccc(C)cc1. The smallest absolute Gasteiger partial charge is 0.336 e. The van der Waals surface area contributed by atoms with Gasteiger partial charge in [0.25, 0.3) is 0 Å². The van der Waals surface area contributed by atoms with Gasteiger partial charge in [0.05, 0.1) is 25.2 Å². The number of esters is 2. The molecule has 1 aromatic carbocycles. The summed E-state index contributed by atoms with van der Waals surface area (Å²) in [6.45, 7) is 7.59. The van der Waals surface area contributed by atoms with E-state index in [1.54, 1.807) is 13.8 Å². The molecule has 0 unspecified atom stereocenters. The molecule has 6 heteroatoms. The minimum Gasteiger partial charge on any atom is -0.468 e. The van der Waals surface area contributed by atoms with Gasteiger partial charge >= 0.3 is 11.9 Å². The molecule has 29 heavy (non-hydrogen) atoms. The summed E-state index contributed by atoms with van der Waals surface area (Å²) < 4.78 is 10.2. The maximum atomic E-state index is 13.5. The highest BCUT2D eigenvalue weighted by Gasteiger charge is 2.51. The van der Waals surface area contributed by atoms with Crippen molar-refractivity contribution in [3.05, 3.63) is 46.7 Å². The van der Waals surface area contributed by atoms with E-state index in [1.807, 2.05) is 38.1 Å². The number of Topliss-reactive ketones (excluding diaryl/α,β-unsaturated/α-hetero) is 1. The molecule has 1 aliphatic heterocycles. The summed E-state index contributed by atoms with van der Waals surface area (Å²) in [7, 11) is 1.29. The Morgan fingerprint density at radius 2 is 1.79 bits per heavy atom. The van der Waals surface area contributed by atoms with Gasteiger partial charge in [-0.3, -0.25) is 14.6 Å². The summed E-state index contributed by atoms with van der Waals surface area (Å²) >= 11 is 0. The van der Waals surface area contributed by atoms with Crippen LogP contribution in [-0.2, 0) is 23.9 Å². The van der Waals surface area contributed by atoms with Crippen LogP contribution >= 0.6 is 0 Å². The third kappa shape index (κ3) is 3.76. The van der Waals surface area contributed by atoms with Crippen LogP contribution in [0.1, 0.15) is 44.2 Å². The second kappa shape index (κ2) is 8.31. The first-order valence-electron chi connectivity index (χ1n) is 9.93. The molecule has 1 fully saturated rings. The molecular weight excluding hydrogens is 370 g/mol. The van der Waals surface area contributed by atoms with E-state index < -0.39 is 29.7 Å². The van der Waals surface area contributed by atoms with E-state index in [0.717, 1.165) is 16.8 Å². The van der Waals surface area contributed by atoms with Crippen molar-refractivity contribution < 1.29 is 23.9 Å². The number of aryl methyl sites for hydroxylation is 1. The second-order valence-corrected chi connectivity index (χ2v) is 7.77. The summed E-state index contributed by atoms with van der Waals surface area (Å²) in [6, 6.07) is 7.75. The van der Waals surface area contributed by atoms with Crippen LogP contribution in [0, 0.1) is 24.7 Å². The van der Waals surface area contributed by atoms with Gasteiger partial charge in [-0.2, -0.15) is 0 Å². The van der Waals surface area contributed by atoms with Crippen molar-refractivity contribution in [2.75, 3.05) is 13.7 Å². The summed E-state index contributed by atoms with van der Waals surface area (Å²) in [4.78, 5) is 43.3. The molecule has 6 nitrogen and oxygen atoms in total. The molecule has 1 heterocycles. The van der Waals surface area contributed by atoms with Crippen LogP contribution < -0.4 is 0 Å². The van der Waals surface area contributed by atoms with Gasteiger partial charge < -0.3 is 9.47 Å². The molecule has 1 aromatic rings. The topological polar surface area (TPSA) is 82.0 Å². The van der Waals surface area contributed by atoms with Crippen LogP contribution in [-0.4, -0.2) is 37.2 Å². The molecule has 4 atom stereocenters. The van der Waals surface area contributed by atoms with Gasteiger partial charge in [-0.25, -0.2) is 4.79 Å². The third-order valence-electron chi connectivity index (χ3n) is 5.80. The molecule has 2 aliphatic rings. The van der Waals surface area contributed by atoms with E-state index in [1.165, 1.54) is 7.11 Å². The van der Waals surface area contributed by atoms with Gasteiger partial charge in [-0.15, -0.1) is 0 Å². The van der Waals surface area contributed by atoms with Gasteiger partial charge in [0.1, 0.15) is 5.92 Å². The largest absolute Gasteiger partial charge is 0.468 e. The van der Waals surface area contributed by atoms with E-state index in [2.05, 4.69) is 4.99 Å². The predicted octanol–water partition coefficient (Wildman–Crippen LogP) is 3.38. The third-order valence-corrected chi connectivity index (χ3v) is 5.80. The Labute approximate surface area is 171 Å². The lowest BCUT2D eigenvalue weighted by Crippen LogP contribution is -2.48. The number of ketones is 1. The summed E-state index contributed by atoms with van der Waals surface area (Å²) in [5.41, 5.74) is 3.58. The molecule has 0 amide bonds. The second-order valence-electron chi connectivity index (χ2n) is 7.77. The molecule has 3 rings (SSSR count). The first-order valence-corrected chi connectivity index (χ1v) is 9.93. The number of benzene rings is 1. The van der Waals surface area contributed by atoms with Gasteiger partial charge in [0.15, 0.2) is 5.78 Å². The number of hydrogen-bond acceptors (Lipinski definition) is 6. The molecule has 0 saturated heterocycles. The van der Waals surface area contributed by atoms with Crippen molar-refractivity contribution in [3.8, 4) is 0 Å². The number of carbonyl (C=O) groups is 3. The van der Waals surface area contributed by atoms with E-state index >= 15 is 0 Å². The van der Waals surface area contributed by atoms with Crippen LogP contribution in [0.15, 0.2) is 40.5 Å². The minimum atomic E-state index is -0.862. The Kier molecular flexibility index (Phi) is 6.01. The van der Waals surface area contributed by atoms with Crippen molar-refractivity contribution in [1.82, 2.24) is 0 Å². The lowest BCUT2D eigenvalue weighted by atomic mass is 9.63. The minimum absolute atomic E-state index is 0.208. The van der Waals surface area contributed by atoms with Crippen molar-refractivity contribution in [3.63, 3.8) is 0 Å².